The van der Waals surface area contributed by atoms with Gasteiger partial charge in [0.05, 0.1) is 6.61 Å². The summed E-state index contributed by atoms with van der Waals surface area (Å²) in [4.78, 5) is 4.27. The van der Waals surface area contributed by atoms with Crippen molar-refractivity contribution in [3.05, 3.63) is 12.2 Å². The SMILES string of the molecule is CCC(N)(COC)Cc1ncnn1C(C)C. The molecule has 2 N–H and O–H groups in total. The minimum absolute atomic E-state index is 0.307. The Morgan fingerprint density at radius 2 is 2.25 bits per heavy atom. The Morgan fingerprint density at radius 1 is 1.56 bits per heavy atom. The Bertz CT molecular complexity index is 324. The highest BCUT2D eigenvalue weighted by atomic mass is 16.5. The number of aromatic nitrogens is 3. The minimum Gasteiger partial charge on any atom is -0.383 e. The predicted octanol–water partition coefficient (Wildman–Crippen LogP) is 1.16. The standard InChI is InChI=1S/C11H22N4O/c1-5-11(12,7-16-4)6-10-13-8-14-15(10)9(2)3/h8-9H,5-7,12H2,1-4H3. The van der Waals surface area contributed by atoms with Crippen molar-refractivity contribution in [2.24, 2.45) is 5.73 Å². The van der Waals surface area contributed by atoms with Gasteiger partial charge < -0.3 is 10.5 Å². The first kappa shape index (κ1) is 13.1. The van der Waals surface area contributed by atoms with Crippen LogP contribution in [-0.2, 0) is 11.2 Å². The van der Waals surface area contributed by atoms with E-state index in [1.165, 1.54) is 0 Å². The highest BCUT2D eigenvalue weighted by Crippen LogP contribution is 2.15. The molecule has 0 fully saturated rings. The summed E-state index contributed by atoms with van der Waals surface area (Å²) >= 11 is 0. The zero-order valence-electron chi connectivity index (χ0n) is 10.6. The summed E-state index contributed by atoms with van der Waals surface area (Å²) < 4.78 is 7.07. The van der Waals surface area contributed by atoms with Crippen molar-refractivity contribution in [1.29, 1.82) is 0 Å². The van der Waals surface area contributed by atoms with E-state index in [4.69, 9.17) is 10.5 Å². The van der Waals surface area contributed by atoms with Gasteiger partial charge in [-0.15, -0.1) is 0 Å². The van der Waals surface area contributed by atoms with Crippen molar-refractivity contribution in [2.45, 2.75) is 45.2 Å². The Balaban J connectivity index is 2.81. The molecule has 0 saturated carbocycles. The summed E-state index contributed by atoms with van der Waals surface area (Å²) in [5.74, 6) is 0.927. The Hall–Kier alpha value is -0.940. The van der Waals surface area contributed by atoms with Gasteiger partial charge >= 0.3 is 0 Å². The summed E-state index contributed by atoms with van der Waals surface area (Å²) in [6.07, 6.45) is 3.12. The molecule has 5 nitrogen and oxygen atoms in total. The summed E-state index contributed by atoms with van der Waals surface area (Å²) in [5, 5.41) is 4.20. The Morgan fingerprint density at radius 3 is 2.75 bits per heavy atom. The molecule has 0 aromatic carbocycles. The van der Waals surface area contributed by atoms with Gasteiger partial charge in [0.25, 0.3) is 0 Å². The third-order valence-corrected chi connectivity index (χ3v) is 2.78. The number of rotatable bonds is 6. The van der Waals surface area contributed by atoms with Crippen LogP contribution in [0.15, 0.2) is 6.33 Å². The van der Waals surface area contributed by atoms with E-state index in [2.05, 4.69) is 30.9 Å². The molecule has 0 radical (unpaired) electrons. The second-order valence-corrected chi connectivity index (χ2v) is 4.54. The number of nitrogens with two attached hydrogens (primary N) is 1. The monoisotopic (exact) mass is 226 g/mol. The van der Waals surface area contributed by atoms with Crippen molar-refractivity contribution in [3.8, 4) is 0 Å². The quantitative estimate of drug-likeness (QED) is 0.790. The van der Waals surface area contributed by atoms with Gasteiger partial charge in [-0.05, 0) is 20.3 Å². The fraction of sp³-hybridized carbons (Fsp3) is 0.818. The maximum atomic E-state index is 6.26. The molecular formula is C11H22N4O. The lowest BCUT2D eigenvalue weighted by Crippen LogP contribution is -2.46. The maximum Gasteiger partial charge on any atom is 0.138 e. The number of methoxy groups -OCH3 is 1. The van der Waals surface area contributed by atoms with E-state index in [1.54, 1.807) is 13.4 Å². The van der Waals surface area contributed by atoms with Gasteiger partial charge in [-0.3, -0.25) is 0 Å². The molecule has 0 amide bonds. The van der Waals surface area contributed by atoms with Crippen LogP contribution in [-0.4, -0.2) is 34.0 Å². The lowest BCUT2D eigenvalue weighted by Gasteiger charge is -2.27. The van der Waals surface area contributed by atoms with Gasteiger partial charge in [0, 0.05) is 25.1 Å². The largest absolute Gasteiger partial charge is 0.383 e. The molecule has 1 aromatic heterocycles. The first-order chi connectivity index (χ1) is 7.52. The van der Waals surface area contributed by atoms with Crippen LogP contribution in [0.5, 0.6) is 0 Å². The minimum atomic E-state index is -0.353. The van der Waals surface area contributed by atoms with Crippen LogP contribution in [0.25, 0.3) is 0 Å². The average molecular weight is 226 g/mol. The van der Waals surface area contributed by atoms with E-state index in [-0.39, 0.29) is 5.54 Å². The molecule has 0 spiro atoms. The van der Waals surface area contributed by atoms with Crippen LogP contribution < -0.4 is 5.73 Å². The molecule has 1 heterocycles. The van der Waals surface area contributed by atoms with Crippen molar-refractivity contribution in [3.63, 3.8) is 0 Å². The third-order valence-electron chi connectivity index (χ3n) is 2.78. The molecule has 1 atom stereocenters. The lowest BCUT2D eigenvalue weighted by atomic mass is 9.94. The molecule has 0 aliphatic rings. The molecule has 0 aliphatic carbocycles. The van der Waals surface area contributed by atoms with E-state index < -0.39 is 0 Å². The van der Waals surface area contributed by atoms with Crippen molar-refractivity contribution in [2.75, 3.05) is 13.7 Å². The van der Waals surface area contributed by atoms with Gasteiger partial charge in [-0.2, -0.15) is 5.10 Å². The second-order valence-electron chi connectivity index (χ2n) is 4.54. The summed E-state index contributed by atoms with van der Waals surface area (Å²) in [6.45, 7) is 6.76. The molecule has 1 aromatic rings. The highest BCUT2D eigenvalue weighted by molar-refractivity contribution is 4.98. The zero-order chi connectivity index (χ0) is 12.2. The van der Waals surface area contributed by atoms with Crippen LogP contribution in [0.4, 0.5) is 0 Å². The van der Waals surface area contributed by atoms with Crippen molar-refractivity contribution in [1.82, 2.24) is 14.8 Å². The number of hydrogen-bond acceptors (Lipinski definition) is 4. The van der Waals surface area contributed by atoms with Crippen LogP contribution in [0.1, 0.15) is 39.1 Å². The van der Waals surface area contributed by atoms with Crippen LogP contribution in [0.3, 0.4) is 0 Å². The predicted molar refractivity (Wildman–Crippen MR) is 63.2 cm³/mol. The summed E-state index contributed by atoms with van der Waals surface area (Å²) in [7, 11) is 1.67. The molecule has 92 valence electrons. The first-order valence-electron chi connectivity index (χ1n) is 5.68. The van der Waals surface area contributed by atoms with E-state index in [0.717, 1.165) is 12.2 Å². The van der Waals surface area contributed by atoms with Crippen LogP contribution in [0, 0.1) is 0 Å². The van der Waals surface area contributed by atoms with E-state index >= 15 is 0 Å². The fourth-order valence-electron chi connectivity index (χ4n) is 1.71. The first-order valence-corrected chi connectivity index (χ1v) is 5.68. The van der Waals surface area contributed by atoms with Crippen molar-refractivity contribution >= 4 is 0 Å². The molecule has 0 saturated heterocycles. The zero-order valence-corrected chi connectivity index (χ0v) is 10.6. The molecule has 0 aliphatic heterocycles. The normalized spacial score (nSPS) is 15.4. The van der Waals surface area contributed by atoms with E-state index in [0.29, 0.717) is 19.1 Å². The fourth-order valence-corrected chi connectivity index (χ4v) is 1.71. The van der Waals surface area contributed by atoms with Gasteiger partial charge in [-0.25, -0.2) is 9.67 Å². The van der Waals surface area contributed by atoms with Crippen LogP contribution in [0.2, 0.25) is 0 Å². The maximum absolute atomic E-state index is 6.26. The molecule has 0 bridgehead atoms. The Labute approximate surface area is 97.0 Å². The number of nitrogens with zero attached hydrogens (tertiary/aromatic N) is 3. The molecule has 16 heavy (non-hydrogen) atoms. The smallest absolute Gasteiger partial charge is 0.138 e. The molecule has 1 unspecified atom stereocenters. The van der Waals surface area contributed by atoms with Crippen molar-refractivity contribution < 1.29 is 4.74 Å². The van der Waals surface area contributed by atoms with E-state index in [1.807, 2.05) is 4.68 Å². The van der Waals surface area contributed by atoms with Gasteiger partial charge in [-0.1, -0.05) is 6.92 Å². The molecular weight excluding hydrogens is 204 g/mol. The lowest BCUT2D eigenvalue weighted by molar-refractivity contribution is 0.127. The summed E-state index contributed by atoms with van der Waals surface area (Å²) in [5.41, 5.74) is 5.91. The van der Waals surface area contributed by atoms with E-state index in [9.17, 15) is 0 Å². The third kappa shape index (κ3) is 3.02. The molecule has 5 heteroatoms. The topological polar surface area (TPSA) is 66.0 Å². The van der Waals surface area contributed by atoms with Gasteiger partial charge in [0.1, 0.15) is 12.2 Å². The highest BCUT2D eigenvalue weighted by Gasteiger charge is 2.26. The van der Waals surface area contributed by atoms with Gasteiger partial charge in [0.2, 0.25) is 0 Å². The van der Waals surface area contributed by atoms with Gasteiger partial charge in [0.15, 0.2) is 0 Å². The average Bonchev–Trinajstić information content (AvgIpc) is 2.66. The number of ether oxygens (including phenoxy) is 1. The Kier molecular flexibility index (Phi) is 4.44. The summed E-state index contributed by atoms with van der Waals surface area (Å²) in [6, 6.07) is 0.307. The second kappa shape index (κ2) is 5.41. The van der Waals surface area contributed by atoms with Crippen LogP contribution >= 0.6 is 0 Å². The number of hydrogen-bond donors (Lipinski definition) is 1. The molecule has 1 rings (SSSR count).